The Morgan fingerprint density at radius 2 is 2.05 bits per heavy atom. The first-order valence-electron chi connectivity index (χ1n) is 6.77. The fourth-order valence-corrected chi connectivity index (χ4v) is 3.32. The zero-order chi connectivity index (χ0) is 13.4. The van der Waals surface area contributed by atoms with Gasteiger partial charge in [0.25, 0.3) is 0 Å². The van der Waals surface area contributed by atoms with Crippen LogP contribution in [0.25, 0.3) is 11.2 Å². The number of hydrogen-bond acceptors (Lipinski definition) is 2. The number of fused-ring (bicyclic) bond motifs is 1. The summed E-state index contributed by atoms with van der Waals surface area (Å²) in [6.07, 6.45) is 6.58. The van der Waals surface area contributed by atoms with Crippen molar-refractivity contribution in [2.24, 2.45) is 5.92 Å². The minimum atomic E-state index is 0.417. The summed E-state index contributed by atoms with van der Waals surface area (Å²) in [6.45, 7) is 2.32. The summed E-state index contributed by atoms with van der Waals surface area (Å²) >= 11 is 12.0. The Morgan fingerprint density at radius 3 is 2.74 bits per heavy atom. The number of imidazole rings is 1. The molecule has 2 aromatic heterocycles. The standard InChI is InChI=1S/C14H17Cl2N3/c1-9-2-4-11(5-3-9)19-13(7-15)18-12-6-10(16)8-17-14(12)19/h6,8-9,11H,2-5,7H2,1H3. The molecule has 1 aliphatic carbocycles. The Labute approximate surface area is 122 Å². The Kier molecular flexibility index (Phi) is 3.68. The van der Waals surface area contributed by atoms with E-state index in [2.05, 4.69) is 21.5 Å². The maximum absolute atomic E-state index is 6.05. The van der Waals surface area contributed by atoms with Crippen molar-refractivity contribution < 1.29 is 0 Å². The van der Waals surface area contributed by atoms with Crippen LogP contribution in [0.15, 0.2) is 12.3 Å². The molecule has 0 spiro atoms. The second-order valence-corrected chi connectivity index (χ2v) is 6.15. The molecular formula is C14H17Cl2N3. The summed E-state index contributed by atoms with van der Waals surface area (Å²) in [5.41, 5.74) is 1.77. The molecule has 5 heteroatoms. The van der Waals surface area contributed by atoms with Gasteiger partial charge in [-0.3, -0.25) is 0 Å². The van der Waals surface area contributed by atoms with Crippen molar-refractivity contribution in [1.82, 2.24) is 14.5 Å². The third-order valence-corrected chi connectivity index (χ3v) is 4.49. The lowest BCUT2D eigenvalue weighted by atomic mass is 9.87. The maximum Gasteiger partial charge on any atom is 0.160 e. The highest BCUT2D eigenvalue weighted by molar-refractivity contribution is 6.31. The van der Waals surface area contributed by atoms with E-state index in [1.54, 1.807) is 6.20 Å². The van der Waals surface area contributed by atoms with E-state index in [4.69, 9.17) is 23.2 Å². The van der Waals surface area contributed by atoms with Crippen LogP contribution in [0.4, 0.5) is 0 Å². The normalized spacial score (nSPS) is 23.9. The molecule has 1 fully saturated rings. The van der Waals surface area contributed by atoms with E-state index < -0.39 is 0 Å². The summed E-state index contributed by atoms with van der Waals surface area (Å²) in [6, 6.07) is 2.34. The van der Waals surface area contributed by atoms with E-state index in [9.17, 15) is 0 Å². The highest BCUT2D eigenvalue weighted by atomic mass is 35.5. The molecule has 0 aromatic carbocycles. The lowest BCUT2D eigenvalue weighted by Crippen LogP contribution is -2.18. The van der Waals surface area contributed by atoms with Gasteiger partial charge >= 0.3 is 0 Å². The van der Waals surface area contributed by atoms with Crippen molar-refractivity contribution in [2.45, 2.75) is 44.5 Å². The van der Waals surface area contributed by atoms with Crippen molar-refractivity contribution in [2.75, 3.05) is 0 Å². The molecule has 2 heterocycles. The summed E-state index contributed by atoms with van der Waals surface area (Å²) < 4.78 is 2.23. The number of nitrogens with zero attached hydrogens (tertiary/aromatic N) is 3. The number of alkyl halides is 1. The van der Waals surface area contributed by atoms with Crippen LogP contribution in [0.5, 0.6) is 0 Å². The van der Waals surface area contributed by atoms with Gasteiger partial charge in [-0.15, -0.1) is 11.6 Å². The first-order chi connectivity index (χ1) is 9.19. The van der Waals surface area contributed by atoms with E-state index in [0.717, 1.165) is 22.9 Å². The summed E-state index contributed by atoms with van der Waals surface area (Å²) in [4.78, 5) is 9.02. The third-order valence-electron chi connectivity index (χ3n) is 4.04. The molecular weight excluding hydrogens is 281 g/mol. The van der Waals surface area contributed by atoms with Gasteiger partial charge in [0.2, 0.25) is 0 Å². The van der Waals surface area contributed by atoms with Crippen molar-refractivity contribution >= 4 is 34.4 Å². The van der Waals surface area contributed by atoms with E-state index in [1.165, 1.54) is 25.7 Å². The van der Waals surface area contributed by atoms with Gasteiger partial charge in [-0.2, -0.15) is 0 Å². The summed E-state index contributed by atoms with van der Waals surface area (Å²) in [7, 11) is 0. The monoisotopic (exact) mass is 297 g/mol. The SMILES string of the molecule is CC1CCC(n2c(CCl)nc3cc(Cl)cnc32)CC1. The summed E-state index contributed by atoms with van der Waals surface area (Å²) in [5.74, 6) is 2.15. The van der Waals surface area contributed by atoms with Gasteiger partial charge in [-0.25, -0.2) is 9.97 Å². The predicted molar refractivity (Wildman–Crippen MR) is 78.8 cm³/mol. The minimum absolute atomic E-state index is 0.417. The van der Waals surface area contributed by atoms with E-state index in [0.29, 0.717) is 16.9 Å². The average molecular weight is 298 g/mol. The first kappa shape index (κ1) is 13.2. The van der Waals surface area contributed by atoms with Crippen molar-refractivity contribution in [3.05, 3.63) is 23.1 Å². The number of pyridine rings is 1. The van der Waals surface area contributed by atoms with Gasteiger partial charge in [-0.05, 0) is 37.7 Å². The second kappa shape index (κ2) is 5.29. The fourth-order valence-electron chi connectivity index (χ4n) is 2.98. The molecule has 3 rings (SSSR count). The molecule has 0 atom stereocenters. The zero-order valence-electron chi connectivity index (χ0n) is 10.9. The lowest BCUT2D eigenvalue weighted by molar-refractivity contribution is 0.290. The van der Waals surface area contributed by atoms with Gasteiger partial charge in [-0.1, -0.05) is 18.5 Å². The minimum Gasteiger partial charge on any atom is -0.309 e. The van der Waals surface area contributed by atoms with Gasteiger partial charge in [0.15, 0.2) is 5.65 Å². The molecule has 19 heavy (non-hydrogen) atoms. The van der Waals surface area contributed by atoms with Crippen LogP contribution in [0.3, 0.4) is 0 Å². The first-order valence-corrected chi connectivity index (χ1v) is 7.68. The fraction of sp³-hybridized carbons (Fsp3) is 0.571. The van der Waals surface area contributed by atoms with Gasteiger partial charge in [0.05, 0.1) is 10.9 Å². The molecule has 0 unspecified atom stereocenters. The number of rotatable bonds is 2. The quantitative estimate of drug-likeness (QED) is 0.760. The Morgan fingerprint density at radius 1 is 1.32 bits per heavy atom. The van der Waals surface area contributed by atoms with Crippen molar-refractivity contribution in [3.63, 3.8) is 0 Å². The topological polar surface area (TPSA) is 30.7 Å². The molecule has 0 radical (unpaired) electrons. The largest absolute Gasteiger partial charge is 0.309 e. The van der Waals surface area contributed by atoms with Gasteiger partial charge in [0.1, 0.15) is 11.3 Å². The third kappa shape index (κ3) is 2.46. The molecule has 1 saturated carbocycles. The van der Waals surface area contributed by atoms with Crippen molar-refractivity contribution in [1.29, 1.82) is 0 Å². The molecule has 0 amide bonds. The van der Waals surface area contributed by atoms with E-state index in [1.807, 2.05) is 6.07 Å². The van der Waals surface area contributed by atoms with E-state index >= 15 is 0 Å². The Bertz CT molecular complexity index is 586. The van der Waals surface area contributed by atoms with Gasteiger partial charge in [0, 0.05) is 12.2 Å². The number of halogens is 2. The molecule has 0 saturated heterocycles. The highest BCUT2D eigenvalue weighted by Gasteiger charge is 2.24. The lowest BCUT2D eigenvalue weighted by Gasteiger charge is -2.28. The van der Waals surface area contributed by atoms with Crippen LogP contribution < -0.4 is 0 Å². The molecule has 3 nitrogen and oxygen atoms in total. The zero-order valence-corrected chi connectivity index (χ0v) is 12.5. The molecule has 0 aliphatic heterocycles. The molecule has 2 aromatic rings. The van der Waals surface area contributed by atoms with Crippen LogP contribution in [-0.4, -0.2) is 14.5 Å². The Balaban J connectivity index is 2.05. The Hall–Kier alpha value is -0.800. The number of aromatic nitrogens is 3. The van der Waals surface area contributed by atoms with Crippen molar-refractivity contribution in [3.8, 4) is 0 Å². The molecule has 0 N–H and O–H groups in total. The van der Waals surface area contributed by atoms with Crippen LogP contribution in [0, 0.1) is 5.92 Å². The van der Waals surface area contributed by atoms with Crippen LogP contribution in [0.1, 0.15) is 44.5 Å². The number of hydrogen-bond donors (Lipinski definition) is 0. The predicted octanol–water partition coefficient (Wildman–Crippen LogP) is 4.57. The molecule has 102 valence electrons. The van der Waals surface area contributed by atoms with Gasteiger partial charge < -0.3 is 4.57 Å². The average Bonchev–Trinajstić information content (AvgIpc) is 2.77. The molecule has 1 aliphatic rings. The highest BCUT2D eigenvalue weighted by Crippen LogP contribution is 2.35. The van der Waals surface area contributed by atoms with Crippen LogP contribution in [0.2, 0.25) is 5.02 Å². The summed E-state index contributed by atoms with van der Waals surface area (Å²) in [5, 5.41) is 0.621. The van der Waals surface area contributed by atoms with Crippen LogP contribution >= 0.6 is 23.2 Å². The van der Waals surface area contributed by atoms with E-state index in [-0.39, 0.29) is 0 Å². The second-order valence-electron chi connectivity index (χ2n) is 5.44. The van der Waals surface area contributed by atoms with Crippen LogP contribution in [-0.2, 0) is 5.88 Å². The maximum atomic E-state index is 6.05. The molecule has 0 bridgehead atoms. The smallest absolute Gasteiger partial charge is 0.160 e.